The molecule has 0 aliphatic carbocycles. The fourth-order valence-electron chi connectivity index (χ4n) is 0.992. The number of benzene rings is 1. The molecule has 1 amide bonds. The molecule has 0 saturated heterocycles. The van der Waals surface area contributed by atoms with Crippen LogP contribution in [0.5, 0.6) is 11.5 Å². The van der Waals surface area contributed by atoms with Crippen LogP contribution >= 0.6 is 0 Å². The van der Waals surface area contributed by atoms with Gasteiger partial charge in [-0.3, -0.25) is 4.79 Å². The molecular weight excluding hydrogens is 170 g/mol. The smallest absolute Gasteiger partial charge is 0.207 e. The number of carbonyl (C=O) groups is 1. The molecule has 1 aromatic carbocycles. The van der Waals surface area contributed by atoms with E-state index in [1.165, 1.54) is 13.2 Å². The van der Waals surface area contributed by atoms with Crippen molar-refractivity contribution in [2.24, 2.45) is 0 Å². The number of hydrogen-bond donors (Lipinski definition) is 2. The molecule has 0 heterocycles. The van der Waals surface area contributed by atoms with Gasteiger partial charge in [0.15, 0.2) is 11.5 Å². The van der Waals surface area contributed by atoms with Crippen LogP contribution in [-0.4, -0.2) is 18.6 Å². The molecule has 4 heteroatoms. The molecule has 0 bridgehead atoms. The highest BCUT2D eigenvalue weighted by molar-refractivity contribution is 5.47. The normalized spacial score (nSPS) is 9.31. The van der Waals surface area contributed by atoms with Gasteiger partial charge >= 0.3 is 0 Å². The third-order valence-electron chi connectivity index (χ3n) is 1.63. The standard InChI is InChI=1S/C9H11NO3/c1-13-9-4-7(5-10-6-11)2-3-8(9)12/h2-4,6,12H,5H2,1H3,(H,10,11). The first-order valence-corrected chi connectivity index (χ1v) is 3.81. The molecule has 0 aliphatic rings. The number of aromatic hydroxyl groups is 1. The predicted molar refractivity (Wildman–Crippen MR) is 47.6 cm³/mol. The average molecular weight is 181 g/mol. The molecule has 0 aromatic heterocycles. The van der Waals surface area contributed by atoms with Crippen molar-refractivity contribution in [2.75, 3.05) is 7.11 Å². The third kappa shape index (κ3) is 2.37. The summed E-state index contributed by atoms with van der Waals surface area (Å²) in [5, 5.41) is 11.8. The maximum atomic E-state index is 10.0. The third-order valence-corrected chi connectivity index (χ3v) is 1.63. The number of phenolic OH excluding ortho intramolecular Hbond substituents is 1. The lowest BCUT2D eigenvalue weighted by molar-refractivity contribution is -0.109. The van der Waals surface area contributed by atoms with Gasteiger partial charge in [-0.1, -0.05) is 6.07 Å². The molecular formula is C9H11NO3. The van der Waals surface area contributed by atoms with Gasteiger partial charge in [-0.05, 0) is 17.7 Å². The fourth-order valence-corrected chi connectivity index (χ4v) is 0.992. The summed E-state index contributed by atoms with van der Waals surface area (Å²) in [7, 11) is 1.48. The van der Waals surface area contributed by atoms with Crippen molar-refractivity contribution in [1.82, 2.24) is 5.32 Å². The van der Waals surface area contributed by atoms with Crippen molar-refractivity contribution in [3.05, 3.63) is 23.8 Å². The van der Waals surface area contributed by atoms with Crippen LogP contribution in [0.15, 0.2) is 18.2 Å². The molecule has 1 rings (SSSR count). The van der Waals surface area contributed by atoms with Crippen molar-refractivity contribution < 1.29 is 14.6 Å². The number of hydrogen-bond acceptors (Lipinski definition) is 3. The molecule has 0 atom stereocenters. The monoisotopic (exact) mass is 181 g/mol. The predicted octanol–water partition coefficient (Wildman–Crippen LogP) is 0.647. The molecule has 0 radical (unpaired) electrons. The molecule has 0 saturated carbocycles. The van der Waals surface area contributed by atoms with Gasteiger partial charge in [0.1, 0.15) is 0 Å². The van der Waals surface area contributed by atoms with Gasteiger partial charge in [0, 0.05) is 6.54 Å². The number of carbonyl (C=O) groups excluding carboxylic acids is 1. The summed E-state index contributed by atoms with van der Waals surface area (Å²) in [5.41, 5.74) is 0.877. The minimum atomic E-state index is 0.0948. The van der Waals surface area contributed by atoms with Crippen LogP contribution in [0, 0.1) is 0 Å². The Morgan fingerprint density at radius 1 is 1.62 bits per heavy atom. The summed E-state index contributed by atoms with van der Waals surface area (Å²) in [6, 6.07) is 4.92. The van der Waals surface area contributed by atoms with E-state index < -0.39 is 0 Å². The Bertz CT molecular complexity index is 299. The molecule has 70 valence electrons. The van der Waals surface area contributed by atoms with E-state index in [9.17, 15) is 9.90 Å². The molecule has 0 aliphatic heterocycles. The van der Waals surface area contributed by atoms with Crippen LogP contribution in [0.2, 0.25) is 0 Å². The first-order chi connectivity index (χ1) is 6.27. The van der Waals surface area contributed by atoms with Crippen LogP contribution in [0.25, 0.3) is 0 Å². The lowest BCUT2D eigenvalue weighted by Gasteiger charge is -2.05. The fraction of sp³-hybridized carbons (Fsp3) is 0.222. The van der Waals surface area contributed by atoms with Crippen molar-refractivity contribution >= 4 is 6.41 Å². The molecule has 13 heavy (non-hydrogen) atoms. The van der Waals surface area contributed by atoms with E-state index in [0.717, 1.165) is 5.56 Å². The molecule has 4 nitrogen and oxygen atoms in total. The van der Waals surface area contributed by atoms with Gasteiger partial charge in [-0.2, -0.15) is 0 Å². The van der Waals surface area contributed by atoms with E-state index in [0.29, 0.717) is 18.7 Å². The van der Waals surface area contributed by atoms with Gasteiger partial charge in [0.25, 0.3) is 0 Å². The van der Waals surface area contributed by atoms with E-state index in [2.05, 4.69) is 5.32 Å². The highest BCUT2D eigenvalue weighted by Crippen LogP contribution is 2.25. The number of amides is 1. The van der Waals surface area contributed by atoms with Gasteiger partial charge in [0.05, 0.1) is 7.11 Å². The molecule has 0 spiro atoms. The minimum Gasteiger partial charge on any atom is -0.504 e. The molecule has 0 fully saturated rings. The largest absolute Gasteiger partial charge is 0.504 e. The van der Waals surface area contributed by atoms with Crippen LogP contribution in [0.4, 0.5) is 0 Å². The SMILES string of the molecule is COc1cc(CNC=O)ccc1O. The summed E-state index contributed by atoms with van der Waals surface area (Å²) in [6.45, 7) is 0.431. The zero-order valence-electron chi connectivity index (χ0n) is 7.28. The molecule has 1 aromatic rings. The second kappa shape index (κ2) is 4.35. The van der Waals surface area contributed by atoms with Gasteiger partial charge in [0.2, 0.25) is 6.41 Å². The highest BCUT2D eigenvalue weighted by Gasteiger charge is 2.01. The summed E-state index contributed by atoms with van der Waals surface area (Å²) >= 11 is 0. The highest BCUT2D eigenvalue weighted by atomic mass is 16.5. The van der Waals surface area contributed by atoms with Crippen molar-refractivity contribution in [3.63, 3.8) is 0 Å². The number of ether oxygens (including phenoxy) is 1. The van der Waals surface area contributed by atoms with Crippen molar-refractivity contribution in [2.45, 2.75) is 6.54 Å². The van der Waals surface area contributed by atoms with E-state index >= 15 is 0 Å². The second-order valence-electron chi connectivity index (χ2n) is 2.50. The number of rotatable bonds is 4. The Kier molecular flexibility index (Phi) is 3.14. The number of nitrogens with one attached hydrogen (secondary N) is 1. The Morgan fingerprint density at radius 2 is 2.38 bits per heavy atom. The zero-order valence-corrected chi connectivity index (χ0v) is 7.28. The Labute approximate surface area is 76.1 Å². The van der Waals surface area contributed by atoms with Crippen LogP contribution < -0.4 is 10.1 Å². The van der Waals surface area contributed by atoms with Crippen molar-refractivity contribution in [1.29, 1.82) is 0 Å². The maximum absolute atomic E-state index is 10.0. The van der Waals surface area contributed by atoms with E-state index in [1.54, 1.807) is 12.1 Å². The lowest BCUT2D eigenvalue weighted by Crippen LogP contribution is -2.09. The average Bonchev–Trinajstić information content (AvgIpc) is 2.16. The Morgan fingerprint density at radius 3 is 3.00 bits per heavy atom. The number of methoxy groups -OCH3 is 1. The van der Waals surface area contributed by atoms with E-state index in [1.807, 2.05) is 0 Å². The zero-order chi connectivity index (χ0) is 9.68. The van der Waals surface area contributed by atoms with Crippen LogP contribution in [0.3, 0.4) is 0 Å². The quantitative estimate of drug-likeness (QED) is 0.670. The first-order valence-electron chi connectivity index (χ1n) is 3.81. The van der Waals surface area contributed by atoms with E-state index in [-0.39, 0.29) is 5.75 Å². The lowest BCUT2D eigenvalue weighted by atomic mass is 10.2. The van der Waals surface area contributed by atoms with E-state index in [4.69, 9.17) is 4.74 Å². The van der Waals surface area contributed by atoms with Gasteiger partial charge in [-0.25, -0.2) is 0 Å². The number of phenols is 1. The topological polar surface area (TPSA) is 58.6 Å². The summed E-state index contributed by atoms with van der Waals surface area (Å²) in [5.74, 6) is 0.502. The summed E-state index contributed by atoms with van der Waals surface area (Å²) in [4.78, 5) is 10.0. The summed E-state index contributed by atoms with van der Waals surface area (Å²) < 4.78 is 4.90. The molecule has 2 N–H and O–H groups in total. The Hall–Kier alpha value is -1.71. The maximum Gasteiger partial charge on any atom is 0.207 e. The van der Waals surface area contributed by atoms with Gasteiger partial charge in [-0.15, -0.1) is 0 Å². The van der Waals surface area contributed by atoms with Crippen LogP contribution in [-0.2, 0) is 11.3 Å². The minimum absolute atomic E-state index is 0.0948. The molecule has 0 unspecified atom stereocenters. The van der Waals surface area contributed by atoms with Crippen LogP contribution in [0.1, 0.15) is 5.56 Å². The second-order valence-corrected chi connectivity index (χ2v) is 2.50. The van der Waals surface area contributed by atoms with Gasteiger partial charge < -0.3 is 15.2 Å². The van der Waals surface area contributed by atoms with Crippen molar-refractivity contribution in [3.8, 4) is 11.5 Å². The summed E-state index contributed by atoms with van der Waals surface area (Å²) in [6.07, 6.45) is 0.624. The first kappa shape index (κ1) is 9.38. The Balaban J connectivity index is 2.79.